The van der Waals surface area contributed by atoms with Crippen LogP contribution in [-0.4, -0.2) is 20.1 Å². The van der Waals surface area contributed by atoms with E-state index < -0.39 is 0 Å². The Hall–Kier alpha value is -8.81. The van der Waals surface area contributed by atoms with Gasteiger partial charge in [0.15, 0.2) is 0 Å². The molecule has 6 heterocycles. The highest BCUT2D eigenvalue weighted by molar-refractivity contribution is 7.04. The summed E-state index contributed by atoms with van der Waals surface area (Å²) < 4.78 is 21.6. The molecule has 16 rings (SSSR count). The number of nitrogens with zero attached hydrogens (tertiary/aromatic N) is 3. The van der Waals surface area contributed by atoms with E-state index in [4.69, 9.17) is 14.2 Å². The van der Waals surface area contributed by atoms with Crippen molar-refractivity contribution < 1.29 is 14.2 Å². The van der Waals surface area contributed by atoms with Crippen molar-refractivity contribution in [3.63, 3.8) is 0 Å². The summed E-state index contributed by atoms with van der Waals surface area (Å²) in [5.41, 5.74) is 33.2. The molecule has 0 bridgehead atoms. The fraction of sp³-hybridized carbons (Fsp3) is 0.268. The Morgan fingerprint density at radius 2 is 0.604 bits per heavy atom. The fourth-order valence-electron chi connectivity index (χ4n) is 16.1. The van der Waals surface area contributed by atoms with E-state index in [1.807, 2.05) is 0 Å². The topological polar surface area (TPSA) is 37.4 Å². The van der Waals surface area contributed by atoms with Gasteiger partial charge < -0.3 is 28.9 Å². The maximum absolute atomic E-state index is 7.41. The van der Waals surface area contributed by atoms with Gasteiger partial charge in [0.2, 0.25) is 0 Å². The van der Waals surface area contributed by atoms with E-state index in [0.717, 1.165) is 85.0 Å². The van der Waals surface area contributed by atoms with Gasteiger partial charge in [0.05, 0.1) is 5.69 Å². The second-order valence-corrected chi connectivity index (χ2v) is 31.5. The zero-order chi connectivity index (χ0) is 63.6. The third-order valence-corrected chi connectivity index (χ3v) is 20.6. The van der Waals surface area contributed by atoms with E-state index in [1.165, 1.54) is 105 Å². The Bertz CT molecular complexity index is 4800. The number of hydrogen-bond donors (Lipinski definition) is 0. The molecule has 0 N–H and O–H groups in total. The third kappa shape index (κ3) is 8.75. The van der Waals surface area contributed by atoms with Crippen molar-refractivity contribution in [3.05, 3.63) is 213 Å². The van der Waals surface area contributed by atoms with Gasteiger partial charge in [-0.1, -0.05) is 161 Å². The van der Waals surface area contributed by atoms with Gasteiger partial charge in [-0.2, -0.15) is 0 Å². The number of ether oxygens (including phenoxy) is 3. The Labute approximate surface area is 540 Å². The molecule has 0 aromatic heterocycles. The van der Waals surface area contributed by atoms with Crippen molar-refractivity contribution in [3.8, 4) is 34.5 Å². The SMILES string of the molecule is Cc1cc(C)c(N2c3cc4c(cc3B3c5cc6c(cc5N(c5ccc(C(C)(C)C)cc5)c5cc(C)cc2c53)Oc2cc(C)cc3c2B6c2cc(C(C)(C)C)ccc2O3)B2c3cc(C(C)(C)C)ccc3Oc3cc(C)cc(c32)N4c2ccc(C(C)(C)C)cc2)c(C)c1. The molecular weight excluding hydrogens is 1110 g/mol. The second-order valence-electron chi connectivity index (χ2n) is 31.5. The van der Waals surface area contributed by atoms with Gasteiger partial charge in [-0.25, -0.2) is 0 Å². The number of fused-ring (bicyclic) bond motifs is 12. The molecule has 0 saturated heterocycles. The first-order chi connectivity index (χ1) is 43.1. The van der Waals surface area contributed by atoms with Crippen molar-refractivity contribution >= 4 is 120 Å². The number of benzene rings is 10. The first-order valence-electron chi connectivity index (χ1n) is 32.9. The van der Waals surface area contributed by atoms with E-state index in [0.29, 0.717) is 0 Å². The molecule has 9 heteroatoms. The van der Waals surface area contributed by atoms with Crippen LogP contribution in [0.15, 0.2) is 158 Å². The molecule has 0 radical (unpaired) electrons. The van der Waals surface area contributed by atoms with Crippen LogP contribution in [-0.2, 0) is 21.7 Å². The number of rotatable bonds is 3. The average molecular weight is 1190 g/mol. The lowest BCUT2D eigenvalue weighted by molar-refractivity contribution is 0.463. The molecule has 6 nitrogen and oxygen atoms in total. The van der Waals surface area contributed by atoms with Gasteiger partial charge in [0, 0.05) is 57.0 Å². The quantitative estimate of drug-likeness (QED) is 0.164. The van der Waals surface area contributed by atoms with Crippen molar-refractivity contribution in [1.29, 1.82) is 0 Å². The average Bonchev–Trinajstić information content (AvgIpc) is 0.688. The van der Waals surface area contributed by atoms with Crippen LogP contribution >= 0.6 is 0 Å². The summed E-state index contributed by atoms with van der Waals surface area (Å²) in [6.45, 7) is 40.7. The molecule has 10 aromatic rings. The summed E-state index contributed by atoms with van der Waals surface area (Å²) >= 11 is 0. The number of aryl methyl sites for hydroxylation is 6. The maximum Gasteiger partial charge on any atom is 0.260 e. The molecule has 0 atom stereocenters. The molecule has 0 saturated carbocycles. The lowest BCUT2D eigenvalue weighted by atomic mass is 9.29. The van der Waals surface area contributed by atoms with Gasteiger partial charge in [0.1, 0.15) is 34.5 Å². The highest BCUT2D eigenvalue weighted by Gasteiger charge is 2.50. The molecule has 0 amide bonds. The van der Waals surface area contributed by atoms with Gasteiger partial charge in [-0.3, -0.25) is 0 Å². The van der Waals surface area contributed by atoms with Gasteiger partial charge in [-0.05, 0) is 236 Å². The molecule has 91 heavy (non-hydrogen) atoms. The number of hydrogen-bond acceptors (Lipinski definition) is 6. The van der Waals surface area contributed by atoms with Crippen LogP contribution < -0.4 is 78.1 Å². The summed E-state index contributed by atoms with van der Waals surface area (Å²) in [5, 5.41) is 0. The Morgan fingerprint density at radius 1 is 0.264 bits per heavy atom. The van der Waals surface area contributed by atoms with E-state index in [9.17, 15) is 0 Å². The summed E-state index contributed by atoms with van der Waals surface area (Å²) in [4.78, 5) is 7.79. The fourth-order valence-corrected chi connectivity index (χ4v) is 16.1. The van der Waals surface area contributed by atoms with Crippen LogP contribution in [0.25, 0.3) is 0 Å². The summed E-state index contributed by atoms with van der Waals surface area (Å²) in [6, 6.07) is 61.6. The third-order valence-electron chi connectivity index (χ3n) is 20.6. The van der Waals surface area contributed by atoms with Crippen LogP contribution in [0.2, 0.25) is 0 Å². The first-order valence-corrected chi connectivity index (χ1v) is 32.9. The summed E-state index contributed by atoms with van der Waals surface area (Å²) in [7, 11) is 0. The van der Waals surface area contributed by atoms with Gasteiger partial charge in [0.25, 0.3) is 20.1 Å². The molecule has 0 spiro atoms. The van der Waals surface area contributed by atoms with E-state index >= 15 is 0 Å². The van der Waals surface area contributed by atoms with Crippen LogP contribution in [0.3, 0.4) is 0 Å². The maximum atomic E-state index is 7.41. The molecular formula is C82H80B3N3O3. The van der Waals surface area contributed by atoms with E-state index in [1.54, 1.807) is 0 Å². The minimum absolute atomic E-state index is 0.0245. The van der Waals surface area contributed by atoms with E-state index in [-0.39, 0.29) is 41.8 Å². The zero-order valence-electron chi connectivity index (χ0n) is 56.3. The molecule has 0 aliphatic carbocycles. The minimum atomic E-state index is -0.226. The molecule has 6 aliphatic rings. The Balaban J connectivity index is 1.05. The lowest BCUT2D eigenvalue weighted by Crippen LogP contribution is -2.66. The Kier molecular flexibility index (Phi) is 12.2. The molecule has 10 aromatic carbocycles. The molecule has 6 aliphatic heterocycles. The molecule has 0 fully saturated rings. The Morgan fingerprint density at radius 3 is 1.09 bits per heavy atom. The predicted octanol–water partition coefficient (Wildman–Crippen LogP) is 15.9. The highest BCUT2D eigenvalue weighted by Crippen LogP contribution is 2.51. The van der Waals surface area contributed by atoms with Gasteiger partial charge >= 0.3 is 0 Å². The predicted molar refractivity (Wildman–Crippen MR) is 387 cm³/mol. The largest absolute Gasteiger partial charge is 0.458 e. The summed E-state index contributed by atoms with van der Waals surface area (Å²) in [5.74, 6) is 5.29. The summed E-state index contributed by atoms with van der Waals surface area (Å²) in [6.07, 6.45) is 0. The molecule has 0 unspecified atom stereocenters. The van der Waals surface area contributed by atoms with Crippen LogP contribution in [0, 0.1) is 41.5 Å². The smallest absolute Gasteiger partial charge is 0.260 e. The zero-order valence-corrected chi connectivity index (χ0v) is 56.3. The van der Waals surface area contributed by atoms with Crippen molar-refractivity contribution in [2.45, 2.75) is 146 Å². The van der Waals surface area contributed by atoms with Crippen LogP contribution in [0.4, 0.5) is 51.2 Å². The highest BCUT2D eigenvalue weighted by atomic mass is 16.5. The normalized spacial score (nSPS) is 14.6. The van der Waals surface area contributed by atoms with Gasteiger partial charge in [-0.15, -0.1) is 0 Å². The minimum Gasteiger partial charge on any atom is -0.458 e. The van der Waals surface area contributed by atoms with Crippen molar-refractivity contribution in [1.82, 2.24) is 0 Å². The lowest BCUT2D eigenvalue weighted by Gasteiger charge is -2.47. The monoisotopic (exact) mass is 1190 g/mol. The molecule has 450 valence electrons. The van der Waals surface area contributed by atoms with Crippen molar-refractivity contribution in [2.24, 2.45) is 0 Å². The van der Waals surface area contributed by atoms with E-state index in [2.05, 4.69) is 297 Å². The number of anilines is 9. The van der Waals surface area contributed by atoms with Crippen LogP contribution in [0.1, 0.15) is 139 Å². The van der Waals surface area contributed by atoms with Crippen LogP contribution in [0.5, 0.6) is 34.5 Å². The standard InChI is InChI=1S/C82H80B3N3O3/c1-45-31-49(5)78(50(6)32-45)88-64-43-63-57(84-60-39-53(81(13,14)15)23-29-69(60)89-72-36-47(3)35-68(76(72)84)86(63)55-25-19-51(20-26-55)79(7,8)9)41-58(64)83-59-42-62-71(91-74-38-48(4)37-73-77(74)85(62)61-40-54(82(16,17)18)24-30-70(61)90-73)44-65(59)87(66-33-46(2)34-67(88)75(66)83)56-27-21-52(22-28-56)80(10,11)12/h19-44H,1-18H3. The van der Waals surface area contributed by atoms with Crippen molar-refractivity contribution in [2.75, 3.05) is 14.7 Å². The second kappa shape index (κ2) is 19.4. The first kappa shape index (κ1) is 57.4.